The zero-order valence-electron chi connectivity index (χ0n) is 37.4. The minimum absolute atomic E-state index is 0.0315. The Bertz CT molecular complexity index is 2400. The molecule has 4 fully saturated rings. The van der Waals surface area contributed by atoms with Gasteiger partial charge in [0.2, 0.25) is 0 Å². The minimum Gasteiger partial charge on any atom is -0.468 e. The lowest BCUT2D eigenvalue weighted by Gasteiger charge is -2.44. The Morgan fingerprint density at radius 1 is 0.951 bits per heavy atom. The number of piperidine rings is 1. The van der Waals surface area contributed by atoms with Crippen molar-refractivity contribution in [3.63, 3.8) is 0 Å². The Morgan fingerprint density at radius 3 is 2.46 bits per heavy atom. The number of methoxy groups -OCH3 is 1. The van der Waals surface area contributed by atoms with Crippen molar-refractivity contribution in [3.8, 4) is 34.5 Å². The molecule has 0 amide bonds. The Hall–Kier alpha value is -3.92. The quantitative estimate of drug-likeness (QED) is 0.0887. The highest BCUT2D eigenvalue weighted by Crippen LogP contribution is 2.53. The number of fused-ring (bicyclic) bond motifs is 7. The second-order valence-electron chi connectivity index (χ2n) is 20.0. The van der Waals surface area contributed by atoms with Gasteiger partial charge < -0.3 is 19.1 Å². The van der Waals surface area contributed by atoms with E-state index in [4.69, 9.17) is 29.2 Å². The van der Waals surface area contributed by atoms with Crippen LogP contribution in [0.2, 0.25) is 16.6 Å². The molecule has 3 saturated heterocycles. The zero-order chi connectivity index (χ0) is 43.1. The molecule has 6 heterocycles. The van der Waals surface area contributed by atoms with Crippen molar-refractivity contribution in [1.29, 1.82) is 0 Å². The third-order valence-electron chi connectivity index (χ3n) is 15.8. The molecule has 61 heavy (non-hydrogen) atoms. The van der Waals surface area contributed by atoms with E-state index in [0.717, 1.165) is 32.4 Å². The lowest BCUT2D eigenvalue weighted by Crippen LogP contribution is -2.50. The molecule has 4 aromatic rings. The van der Waals surface area contributed by atoms with Crippen LogP contribution in [0, 0.1) is 40.9 Å². The third kappa shape index (κ3) is 6.91. The maximum atomic E-state index is 18.2. The lowest BCUT2D eigenvalue weighted by atomic mass is 9.77. The van der Waals surface area contributed by atoms with Gasteiger partial charge in [-0.25, -0.2) is 18.2 Å². The Kier molecular flexibility index (Phi) is 11.1. The van der Waals surface area contributed by atoms with Gasteiger partial charge in [-0.3, -0.25) is 4.90 Å². The molecular formula is C49H62F3N5O3Si. The molecule has 4 aliphatic heterocycles. The summed E-state index contributed by atoms with van der Waals surface area (Å²) in [5, 5.41) is 1.73. The average molecular weight is 854 g/mol. The predicted octanol–water partition coefficient (Wildman–Crippen LogP) is 11.0. The first-order chi connectivity index (χ1) is 29.2. The van der Waals surface area contributed by atoms with Crippen molar-refractivity contribution in [3.05, 3.63) is 47.2 Å². The Labute approximate surface area is 360 Å². The monoisotopic (exact) mass is 853 g/mol. The molecule has 8 nitrogen and oxygen atoms in total. The molecule has 0 radical (unpaired) electrons. The van der Waals surface area contributed by atoms with Crippen LogP contribution in [-0.2, 0) is 4.74 Å². The smallest absolute Gasteiger partial charge is 0.319 e. The van der Waals surface area contributed by atoms with Gasteiger partial charge >= 0.3 is 6.01 Å². The highest BCUT2D eigenvalue weighted by molar-refractivity contribution is 6.90. The maximum Gasteiger partial charge on any atom is 0.319 e. The first kappa shape index (κ1) is 42.4. The van der Waals surface area contributed by atoms with Crippen LogP contribution in [0.4, 0.5) is 19.0 Å². The number of ether oxygens (including phenoxy) is 3. The molecular weight excluding hydrogens is 792 g/mol. The first-order valence-corrected chi connectivity index (χ1v) is 25.0. The second kappa shape index (κ2) is 16.0. The fraction of sp³-hybridized carbons (Fsp3) is 0.612. The van der Waals surface area contributed by atoms with Crippen LogP contribution in [0.3, 0.4) is 0 Å². The molecule has 12 heteroatoms. The predicted molar refractivity (Wildman–Crippen MR) is 239 cm³/mol. The molecule has 2 aromatic carbocycles. The molecule has 9 rings (SSSR count). The fourth-order valence-corrected chi connectivity index (χ4v) is 18.1. The molecule has 0 unspecified atom stereocenters. The van der Waals surface area contributed by atoms with E-state index in [0.29, 0.717) is 80.4 Å². The topological polar surface area (TPSA) is 72.8 Å². The van der Waals surface area contributed by atoms with Gasteiger partial charge in [0.25, 0.3) is 0 Å². The summed E-state index contributed by atoms with van der Waals surface area (Å²) in [5.41, 5.74) is 5.78. The van der Waals surface area contributed by atoms with Crippen molar-refractivity contribution in [1.82, 2.24) is 19.9 Å². The second-order valence-corrected chi connectivity index (χ2v) is 25.6. The number of halogens is 3. The molecule has 2 aromatic heterocycles. The van der Waals surface area contributed by atoms with E-state index < -0.39 is 31.4 Å². The Balaban J connectivity index is 1.30. The number of alkyl halides is 1. The number of pyridine rings is 1. The van der Waals surface area contributed by atoms with E-state index in [1.807, 2.05) is 6.07 Å². The molecule has 0 N–H and O–H groups in total. The van der Waals surface area contributed by atoms with Crippen LogP contribution in [0.1, 0.15) is 111 Å². The van der Waals surface area contributed by atoms with Gasteiger partial charge in [-0.05, 0) is 96.6 Å². The summed E-state index contributed by atoms with van der Waals surface area (Å²) in [5.74, 6) is 4.48. The summed E-state index contributed by atoms with van der Waals surface area (Å²) in [6.45, 7) is 20.1. The molecule has 326 valence electrons. The molecule has 2 bridgehead atoms. The molecule has 7 atom stereocenters. The van der Waals surface area contributed by atoms with Crippen molar-refractivity contribution in [2.75, 3.05) is 45.0 Å². The van der Waals surface area contributed by atoms with Gasteiger partial charge in [-0.15, -0.1) is 5.54 Å². The molecule has 5 aliphatic rings. The minimum atomic E-state index is -2.30. The van der Waals surface area contributed by atoms with Gasteiger partial charge in [0.15, 0.2) is 12.6 Å². The van der Waals surface area contributed by atoms with Crippen molar-refractivity contribution in [2.24, 2.45) is 17.8 Å². The summed E-state index contributed by atoms with van der Waals surface area (Å²) in [6.07, 6.45) is 4.79. The van der Waals surface area contributed by atoms with E-state index in [2.05, 4.69) is 76.7 Å². The molecule has 1 saturated carbocycles. The first-order valence-electron chi connectivity index (χ1n) is 22.8. The molecule has 1 aliphatic carbocycles. The number of aromatic nitrogens is 3. The van der Waals surface area contributed by atoms with Crippen molar-refractivity contribution >= 4 is 35.6 Å². The summed E-state index contributed by atoms with van der Waals surface area (Å²) in [7, 11) is -0.760. The number of hydrogen-bond acceptors (Lipinski definition) is 8. The van der Waals surface area contributed by atoms with Crippen LogP contribution >= 0.6 is 0 Å². The van der Waals surface area contributed by atoms with E-state index in [9.17, 15) is 4.39 Å². The fourth-order valence-electron chi connectivity index (χ4n) is 12.9. The lowest BCUT2D eigenvalue weighted by molar-refractivity contribution is 0.0512. The Morgan fingerprint density at radius 2 is 1.72 bits per heavy atom. The van der Waals surface area contributed by atoms with Crippen LogP contribution in [0.15, 0.2) is 24.3 Å². The number of anilines is 1. The third-order valence-corrected chi connectivity index (χ3v) is 22.1. The largest absolute Gasteiger partial charge is 0.468 e. The van der Waals surface area contributed by atoms with Crippen molar-refractivity contribution in [2.45, 2.75) is 134 Å². The summed E-state index contributed by atoms with van der Waals surface area (Å²) < 4.78 is 67.4. The van der Waals surface area contributed by atoms with Gasteiger partial charge in [0, 0.05) is 49.5 Å². The normalized spacial score (nSPS) is 27.2. The van der Waals surface area contributed by atoms with Crippen LogP contribution in [-0.4, -0.2) is 85.8 Å². The SMILES string of the molecule is COCOc1cc(-c2nc3c4c(nc(OC[C@@]56CCCN5C[C@H](F)C6)nc4c2F)N2C[C@H]4CC[C@H](C4)[C@@H]2[C@@H](C)[C@H]3C)c2c(C#C[Si](C(C)C)(C(C)C)C(C)C)c(F)ccc2c1. The number of rotatable bonds is 10. The van der Waals surface area contributed by atoms with E-state index in [-0.39, 0.29) is 54.1 Å². The van der Waals surface area contributed by atoms with Gasteiger partial charge in [-0.2, -0.15) is 9.97 Å². The highest BCUT2D eigenvalue weighted by atomic mass is 28.3. The average Bonchev–Trinajstić information content (AvgIpc) is 3.88. The van der Waals surface area contributed by atoms with Gasteiger partial charge in [-0.1, -0.05) is 67.4 Å². The highest BCUT2D eigenvalue weighted by Gasteiger charge is 2.51. The van der Waals surface area contributed by atoms with E-state index in [1.165, 1.54) is 18.9 Å². The van der Waals surface area contributed by atoms with Crippen molar-refractivity contribution < 1.29 is 27.4 Å². The van der Waals surface area contributed by atoms with E-state index in [1.54, 1.807) is 19.2 Å². The summed E-state index contributed by atoms with van der Waals surface area (Å²) in [6, 6.07) is 6.97. The maximum absolute atomic E-state index is 18.2. The van der Waals surface area contributed by atoms with Gasteiger partial charge in [0.1, 0.15) is 49.4 Å². The molecule has 0 spiro atoms. The summed E-state index contributed by atoms with van der Waals surface area (Å²) in [4.78, 5) is 20.0. The summed E-state index contributed by atoms with van der Waals surface area (Å²) >= 11 is 0. The van der Waals surface area contributed by atoms with Crippen LogP contribution in [0.5, 0.6) is 11.8 Å². The standard InChI is InChI=1S/C49H62F3N5O3Si/c1-27(2)61(28(3)4,29(5)6)18-15-37-39(51)14-13-33-20-36(60-26-58-9)21-38(40(33)37)44-42(52)45-41-43(53-44)30(7)31(8)46-34-12-11-32(19-34)23-57(46)47(41)55-48(54-45)59-25-49-16-10-17-56(49)24-35(50)22-49/h13-14,20-21,27-32,34-35,46H,10-12,16-17,19,22-26H2,1-9H3/t30-,31+,32+,34-,35-,46+,49+/m1/s1. The number of hydrogen-bond donors (Lipinski definition) is 0. The number of benzene rings is 2. The van der Waals surface area contributed by atoms with Crippen LogP contribution in [0.25, 0.3) is 32.9 Å². The number of nitrogens with zero attached hydrogens (tertiary/aromatic N) is 5. The van der Waals surface area contributed by atoms with Gasteiger partial charge in [0.05, 0.1) is 22.2 Å². The van der Waals surface area contributed by atoms with Crippen LogP contribution < -0.4 is 14.4 Å². The van der Waals surface area contributed by atoms with E-state index >= 15 is 8.78 Å². The zero-order valence-corrected chi connectivity index (χ0v) is 38.4.